The van der Waals surface area contributed by atoms with Crippen LogP contribution in [0.3, 0.4) is 0 Å². The zero-order chi connectivity index (χ0) is 13.8. The highest BCUT2D eigenvalue weighted by Gasteiger charge is 2.18. The Morgan fingerprint density at radius 2 is 2.11 bits per heavy atom. The van der Waals surface area contributed by atoms with Crippen LogP contribution in [0.2, 0.25) is 0 Å². The molecule has 0 spiro atoms. The summed E-state index contributed by atoms with van der Waals surface area (Å²) in [5.41, 5.74) is -0.158. The molecule has 1 heterocycles. The van der Waals surface area contributed by atoms with Crippen LogP contribution in [0.5, 0.6) is 0 Å². The predicted octanol–water partition coefficient (Wildman–Crippen LogP) is 2.43. The highest BCUT2D eigenvalue weighted by Crippen LogP contribution is 2.11. The van der Waals surface area contributed by atoms with Crippen LogP contribution in [-0.4, -0.2) is 21.6 Å². The first-order valence-corrected chi connectivity index (χ1v) is 6.47. The topological polar surface area (TPSA) is 68.0 Å². The third-order valence-electron chi connectivity index (χ3n) is 2.93. The van der Waals surface area contributed by atoms with E-state index >= 15 is 0 Å². The fourth-order valence-corrected chi connectivity index (χ4v) is 1.35. The molecule has 0 radical (unpaired) electrons. The first kappa shape index (κ1) is 14.7. The lowest BCUT2D eigenvalue weighted by molar-refractivity contribution is -0.122. The fourth-order valence-electron chi connectivity index (χ4n) is 1.35. The van der Waals surface area contributed by atoms with Crippen LogP contribution < -0.4 is 5.32 Å². The molecule has 0 unspecified atom stereocenters. The average Bonchev–Trinajstić information content (AvgIpc) is 2.74. The van der Waals surface area contributed by atoms with Crippen LogP contribution in [0, 0.1) is 0 Å². The molecule has 5 nitrogen and oxygen atoms in total. The Hall–Kier alpha value is -1.39. The molecule has 0 aliphatic carbocycles. The molecule has 0 aliphatic heterocycles. The molecule has 0 aliphatic rings. The molecule has 1 aromatic heterocycles. The molecule has 0 saturated heterocycles. The first-order valence-electron chi connectivity index (χ1n) is 6.47. The maximum absolute atomic E-state index is 11.7. The third kappa shape index (κ3) is 4.47. The number of nitrogens with one attached hydrogen (secondary N) is 1. The Bertz CT molecular complexity index is 397. The number of carbonyl (C=O) groups excluding carboxylic acids is 1. The molecule has 1 amide bonds. The van der Waals surface area contributed by atoms with Gasteiger partial charge < -0.3 is 9.84 Å². The van der Waals surface area contributed by atoms with Crippen LogP contribution in [0.1, 0.15) is 65.1 Å². The monoisotopic (exact) mass is 253 g/mol. The van der Waals surface area contributed by atoms with Crippen molar-refractivity contribution in [2.75, 3.05) is 0 Å². The molecule has 1 aromatic rings. The van der Waals surface area contributed by atoms with Gasteiger partial charge in [0.2, 0.25) is 11.8 Å². The van der Waals surface area contributed by atoms with Crippen molar-refractivity contribution >= 4 is 5.91 Å². The molecular weight excluding hydrogens is 230 g/mol. The van der Waals surface area contributed by atoms with E-state index in [4.69, 9.17) is 4.52 Å². The smallest absolute Gasteiger partial charge is 0.227 e. The van der Waals surface area contributed by atoms with Crippen molar-refractivity contribution < 1.29 is 9.32 Å². The second-order valence-electron chi connectivity index (χ2n) is 5.49. The lowest BCUT2D eigenvalue weighted by atomic mass is 10.0. The van der Waals surface area contributed by atoms with Gasteiger partial charge in [0.1, 0.15) is 0 Å². The second-order valence-corrected chi connectivity index (χ2v) is 5.49. The summed E-state index contributed by atoms with van der Waals surface area (Å²) in [5.74, 6) is 1.49. The summed E-state index contributed by atoms with van der Waals surface area (Å²) >= 11 is 0. The molecule has 1 N–H and O–H groups in total. The number of aromatic nitrogens is 2. The van der Waals surface area contributed by atoms with E-state index in [0.29, 0.717) is 24.6 Å². The van der Waals surface area contributed by atoms with Gasteiger partial charge in [-0.1, -0.05) is 25.9 Å². The zero-order valence-corrected chi connectivity index (χ0v) is 11.9. The van der Waals surface area contributed by atoms with Crippen molar-refractivity contribution in [2.24, 2.45) is 0 Å². The Kier molecular flexibility index (Phi) is 4.87. The van der Waals surface area contributed by atoms with Crippen molar-refractivity contribution in [1.29, 1.82) is 0 Å². The van der Waals surface area contributed by atoms with E-state index in [1.807, 2.05) is 34.6 Å². The van der Waals surface area contributed by atoms with E-state index in [1.165, 1.54) is 0 Å². The van der Waals surface area contributed by atoms with Gasteiger partial charge in [-0.15, -0.1) is 0 Å². The number of amides is 1. The van der Waals surface area contributed by atoms with Gasteiger partial charge in [0, 0.05) is 24.3 Å². The number of nitrogens with zero attached hydrogens (tertiary/aromatic N) is 2. The van der Waals surface area contributed by atoms with Crippen molar-refractivity contribution in [3.05, 3.63) is 11.7 Å². The highest BCUT2D eigenvalue weighted by atomic mass is 16.5. The SMILES string of the molecule is CCC(C)(C)NC(=O)CCc1nc(C(C)C)no1. The number of hydrogen-bond acceptors (Lipinski definition) is 4. The summed E-state index contributed by atoms with van der Waals surface area (Å²) in [7, 11) is 0. The van der Waals surface area contributed by atoms with Gasteiger partial charge in [-0.3, -0.25) is 4.79 Å². The predicted molar refractivity (Wildman–Crippen MR) is 69.2 cm³/mol. The Labute approximate surface area is 108 Å². The maximum Gasteiger partial charge on any atom is 0.227 e. The van der Waals surface area contributed by atoms with Gasteiger partial charge in [-0.05, 0) is 20.3 Å². The fraction of sp³-hybridized carbons (Fsp3) is 0.769. The summed E-state index contributed by atoms with van der Waals surface area (Å²) in [6.07, 6.45) is 1.77. The van der Waals surface area contributed by atoms with Crippen LogP contribution >= 0.6 is 0 Å². The molecule has 5 heteroatoms. The van der Waals surface area contributed by atoms with E-state index < -0.39 is 0 Å². The van der Waals surface area contributed by atoms with Gasteiger partial charge in [-0.25, -0.2) is 0 Å². The first-order chi connectivity index (χ1) is 8.34. The van der Waals surface area contributed by atoms with E-state index in [9.17, 15) is 4.79 Å². The van der Waals surface area contributed by atoms with E-state index in [2.05, 4.69) is 15.5 Å². The van der Waals surface area contributed by atoms with Crippen LogP contribution in [0.25, 0.3) is 0 Å². The van der Waals surface area contributed by atoms with Crippen molar-refractivity contribution in [2.45, 2.75) is 65.3 Å². The Balaban J connectivity index is 2.42. The van der Waals surface area contributed by atoms with Gasteiger partial charge in [0.25, 0.3) is 0 Å². The molecule has 0 saturated carbocycles. The minimum atomic E-state index is -0.158. The van der Waals surface area contributed by atoms with E-state index in [-0.39, 0.29) is 17.4 Å². The summed E-state index contributed by atoms with van der Waals surface area (Å²) in [5, 5.41) is 6.84. The molecule has 0 bridgehead atoms. The molecule has 0 atom stereocenters. The van der Waals surface area contributed by atoms with Crippen LogP contribution in [-0.2, 0) is 11.2 Å². The summed E-state index contributed by atoms with van der Waals surface area (Å²) in [6.45, 7) is 10.1. The molecule has 1 rings (SSSR count). The average molecular weight is 253 g/mol. The molecule has 102 valence electrons. The zero-order valence-electron chi connectivity index (χ0n) is 11.9. The maximum atomic E-state index is 11.7. The van der Waals surface area contributed by atoms with Gasteiger partial charge in [0.15, 0.2) is 5.82 Å². The largest absolute Gasteiger partial charge is 0.351 e. The summed E-state index contributed by atoms with van der Waals surface area (Å²) in [4.78, 5) is 16.0. The van der Waals surface area contributed by atoms with Gasteiger partial charge in [-0.2, -0.15) is 4.98 Å². The van der Waals surface area contributed by atoms with Crippen molar-refractivity contribution in [3.63, 3.8) is 0 Å². The number of carbonyl (C=O) groups is 1. The van der Waals surface area contributed by atoms with Crippen LogP contribution in [0.15, 0.2) is 4.52 Å². The highest BCUT2D eigenvalue weighted by molar-refractivity contribution is 5.76. The standard InChI is InChI=1S/C13H23N3O2/c1-6-13(4,5)15-10(17)7-8-11-14-12(9(2)3)16-18-11/h9H,6-8H2,1-5H3,(H,15,17). The summed E-state index contributed by atoms with van der Waals surface area (Å²) < 4.78 is 5.09. The minimum absolute atomic E-state index is 0.0196. The molecule has 0 aromatic carbocycles. The minimum Gasteiger partial charge on any atom is -0.351 e. The number of hydrogen-bond donors (Lipinski definition) is 1. The number of aryl methyl sites for hydroxylation is 1. The van der Waals surface area contributed by atoms with E-state index in [0.717, 1.165) is 6.42 Å². The quantitative estimate of drug-likeness (QED) is 0.845. The van der Waals surface area contributed by atoms with Crippen LogP contribution in [0.4, 0.5) is 0 Å². The number of rotatable bonds is 6. The second kappa shape index (κ2) is 5.98. The molecule has 0 fully saturated rings. The van der Waals surface area contributed by atoms with Gasteiger partial charge >= 0.3 is 0 Å². The Morgan fingerprint density at radius 1 is 1.44 bits per heavy atom. The van der Waals surface area contributed by atoms with Gasteiger partial charge in [0.05, 0.1) is 0 Å². The summed E-state index contributed by atoms with van der Waals surface area (Å²) in [6, 6.07) is 0. The normalized spacial score (nSPS) is 11.9. The molecular formula is C13H23N3O2. The lowest BCUT2D eigenvalue weighted by Gasteiger charge is -2.24. The Morgan fingerprint density at radius 3 is 2.61 bits per heavy atom. The van der Waals surface area contributed by atoms with Crippen molar-refractivity contribution in [3.8, 4) is 0 Å². The third-order valence-corrected chi connectivity index (χ3v) is 2.93. The lowest BCUT2D eigenvalue weighted by Crippen LogP contribution is -2.42. The van der Waals surface area contributed by atoms with Crippen molar-refractivity contribution in [1.82, 2.24) is 15.5 Å². The molecule has 18 heavy (non-hydrogen) atoms. The van der Waals surface area contributed by atoms with E-state index in [1.54, 1.807) is 0 Å².